The van der Waals surface area contributed by atoms with Gasteiger partial charge < -0.3 is 10.6 Å². The summed E-state index contributed by atoms with van der Waals surface area (Å²) >= 11 is 5.97. The van der Waals surface area contributed by atoms with Gasteiger partial charge in [-0.15, -0.1) is 12.4 Å². The highest BCUT2D eigenvalue weighted by molar-refractivity contribution is 6.33. The fourth-order valence-corrected chi connectivity index (χ4v) is 2.04. The summed E-state index contributed by atoms with van der Waals surface area (Å²) in [4.78, 5) is 11.9. The van der Waals surface area contributed by atoms with Gasteiger partial charge in [0, 0.05) is 0 Å². The normalized spacial score (nSPS) is 19.2. The van der Waals surface area contributed by atoms with Crippen LogP contribution in [0.25, 0.3) is 0 Å². The van der Waals surface area contributed by atoms with E-state index in [1.54, 1.807) is 6.07 Å². The molecule has 1 aliphatic heterocycles. The zero-order valence-electron chi connectivity index (χ0n) is 9.41. The maximum Gasteiger partial charge on any atom is 0.241 e. The van der Waals surface area contributed by atoms with E-state index in [0.29, 0.717) is 10.7 Å². The number of hydrogen-bond donors (Lipinski definition) is 2. The first-order chi connectivity index (χ1) is 7.77. The van der Waals surface area contributed by atoms with Crippen molar-refractivity contribution in [2.24, 2.45) is 0 Å². The molecule has 1 atom stereocenters. The van der Waals surface area contributed by atoms with Gasteiger partial charge in [-0.1, -0.05) is 30.2 Å². The van der Waals surface area contributed by atoms with Gasteiger partial charge >= 0.3 is 0 Å². The Bertz CT molecular complexity index is 379. The summed E-state index contributed by atoms with van der Waals surface area (Å²) in [7, 11) is 0. The van der Waals surface area contributed by atoms with Gasteiger partial charge in [0.05, 0.1) is 16.8 Å². The molecule has 0 aliphatic carbocycles. The van der Waals surface area contributed by atoms with Crippen LogP contribution in [0.4, 0.5) is 5.69 Å². The van der Waals surface area contributed by atoms with E-state index in [4.69, 9.17) is 11.6 Å². The first kappa shape index (κ1) is 14.3. The van der Waals surface area contributed by atoms with Gasteiger partial charge in [0.25, 0.3) is 0 Å². The lowest BCUT2D eigenvalue weighted by Crippen LogP contribution is -2.43. The average Bonchev–Trinajstić information content (AvgIpc) is 2.33. The molecule has 1 saturated heterocycles. The van der Waals surface area contributed by atoms with Crippen LogP contribution in [-0.2, 0) is 4.79 Å². The average molecular weight is 275 g/mol. The van der Waals surface area contributed by atoms with Crippen molar-refractivity contribution in [1.82, 2.24) is 5.32 Å². The van der Waals surface area contributed by atoms with Gasteiger partial charge in [0.2, 0.25) is 5.91 Å². The second kappa shape index (κ2) is 6.84. The van der Waals surface area contributed by atoms with E-state index >= 15 is 0 Å². The van der Waals surface area contributed by atoms with Crippen LogP contribution in [0.5, 0.6) is 0 Å². The van der Waals surface area contributed by atoms with Gasteiger partial charge in [0.15, 0.2) is 0 Å². The number of rotatable bonds is 2. The molecule has 2 rings (SSSR count). The molecule has 0 aromatic heterocycles. The van der Waals surface area contributed by atoms with Crippen LogP contribution in [0, 0.1) is 0 Å². The van der Waals surface area contributed by atoms with Crippen LogP contribution < -0.4 is 10.6 Å². The predicted octanol–water partition coefficient (Wildman–Crippen LogP) is 2.84. The standard InChI is InChI=1S/C12H15ClN2O.ClH/c13-9-5-1-2-6-10(9)15-12(16)11-7-3-4-8-14-11;/h1-2,5-6,11,14H,3-4,7-8H2,(H,15,16);1H/t11-;/m1./s1. The number of amides is 1. The Labute approximate surface area is 112 Å². The molecule has 1 aromatic carbocycles. The summed E-state index contributed by atoms with van der Waals surface area (Å²) in [6, 6.07) is 7.20. The summed E-state index contributed by atoms with van der Waals surface area (Å²) in [5.74, 6) is 0.00722. The minimum Gasteiger partial charge on any atom is -0.323 e. The third-order valence-electron chi connectivity index (χ3n) is 2.76. The van der Waals surface area contributed by atoms with Crippen molar-refractivity contribution < 1.29 is 4.79 Å². The molecule has 3 nitrogen and oxygen atoms in total. The third kappa shape index (κ3) is 3.87. The van der Waals surface area contributed by atoms with Crippen molar-refractivity contribution in [3.63, 3.8) is 0 Å². The number of para-hydroxylation sites is 1. The molecule has 1 aromatic rings. The molecule has 0 radical (unpaired) electrons. The first-order valence-electron chi connectivity index (χ1n) is 5.56. The Morgan fingerprint density at radius 1 is 1.35 bits per heavy atom. The molecule has 1 amide bonds. The smallest absolute Gasteiger partial charge is 0.241 e. The number of nitrogens with one attached hydrogen (secondary N) is 2. The first-order valence-corrected chi connectivity index (χ1v) is 5.94. The van der Waals surface area contributed by atoms with Crippen LogP contribution in [-0.4, -0.2) is 18.5 Å². The molecule has 1 aliphatic rings. The van der Waals surface area contributed by atoms with Crippen molar-refractivity contribution in [3.05, 3.63) is 29.3 Å². The monoisotopic (exact) mass is 274 g/mol. The summed E-state index contributed by atoms with van der Waals surface area (Å²) in [5, 5.41) is 6.63. The van der Waals surface area contributed by atoms with Crippen molar-refractivity contribution in [2.45, 2.75) is 25.3 Å². The van der Waals surface area contributed by atoms with Crippen LogP contribution >= 0.6 is 24.0 Å². The summed E-state index contributed by atoms with van der Waals surface area (Å²) in [5.41, 5.74) is 0.682. The number of anilines is 1. The summed E-state index contributed by atoms with van der Waals surface area (Å²) in [6.07, 6.45) is 3.15. The maximum atomic E-state index is 11.9. The predicted molar refractivity (Wildman–Crippen MR) is 73.0 cm³/mol. The van der Waals surface area contributed by atoms with Crippen molar-refractivity contribution in [2.75, 3.05) is 11.9 Å². The Hall–Kier alpha value is -0.770. The highest BCUT2D eigenvalue weighted by Crippen LogP contribution is 2.21. The number of piperidine rings is 1. The molecule has 0 saturated carbocycles. The van der Waals surface area contributed by atoms with Gasteiger partial charge in [-0.05, 0) is 31.5 Å². The minimum atomic E-state index is -0.0787. The lowest BCUT2D eigenvalue weighted by molar-refractivity contribution is -0.118. The fraction of sp³-hybridized carbons (Fsp3) is 0.417. The minimum absolute atomic E-state index is 0. The Balaban J connectivity index is 0.00000144. The van der Waals surface area contributed by atoms with E-state index in [1.807, 2.05) is 18.2 Å². The van der Waals surface area contributed by atoms with Crippen molar-refractivity contribution in [3.8, 4) is 0 Å². The number of carbonyl (C=O) groups is 1. The van der Waals surface area contributed by atoms with E-state index in [9.17, 15) is 4.79 Å². The molecule has 94 valence electrons. The molecule has 0 bridgehead atoms. The summed E-state index contributed by atoms with van der Waals surface area (Å²) < 4.78 is 0. The van der Waals surface area contributed by atoms with Gasteiger partial charge in [-0.2, -0.15) is 0 Å². The molecule has 0 spiro atoms. The molecule has 1 heterocycles. The number of halogens is 2. The number of benzene rings is 1. The number of hydrogen-bond acceptors (Lipinski definition) is 2. The quantitative estimate of drug-likeness (QED) is 0.871. The number of carbonyl (C=O) groups excluding carboxylic acids is 1. The third-order valence-corrected chi connectivity index (χ3v) is 3.09. The van der Waals surface area contributed by atoms with Crippen LogP contribution in [0.3, 0.4) is 0 Å². The van der Waals surface area contributed by atoms with Crippen LogP contribution in [0.1, 0.15) is 19.3 Å². The fourth-order valence-electron chi connectivity index (χ4n) is 1.86. The van der Waals surface area contributed by atoms with E-state index < -0.39 is 0 Å². The lowest BCUT2D eigenvalue weighted by atomic mass is 10.0. The van der Waals surface area contributed by atoms with E-state index in [0.717, 1.165) is 25.8 Å². The second-order valence-electron chi connectivity index (χ2n) is 3.97. The van der Waals surface area contributed by atoms with Crippen molar-refractivity contribution in [1.29, 1.82) is 0 Å². The molecule has 17 heavy (non-hydrogen) atoms. The molecule has 0 unspecified atom stereocenters. The van der Waals surface area contributed by atoms with E-state index in [-0.39, 0.29) is 24.4 Å². The molecule has 1 fully saturated rings. The largest absolute Gasteiger partial charge is 0.323 e. The topological polar surface area (TPSA) is 41.1 Å². The molecular formula is C12H16Cl2N2O. The van der Waals surface area contributed by atoms with E-state index in [1.165, 1.54) is 0 Å². The summed E-state index contributed by atoms with van der Waals surface area (Å²) in [6.45, 7) is 0.917. The van der Waals surface area contributed by atoms with Crippen molar-refractivity contribution >= 4 is 35.6 Å². The van der Waals surface area contributed by atoms with E-state index in [2.05, 4.69) is 10.6 Å². The SMILES string of the molecule is Cl.O=C(Nc1ccccc1Cl)[C@H]1CCCCN1. The Morgan fingerprint density at radius 2 is 2.12 bits per heavy atom. The highest BCUT2D eigenvalue weighted by Gasteiger charge is 2.20. The van der Waals surface area contributed by atoms with Crippen LogP contribution in [0.15, 0.2) is 24.3 Å². The van der Waals surface area contributed by atoms with Gasteiger partial charge in [-0.3, -0.25) is 4.79 Å². The Kier molecular flexibility index (Phi) is 5.75. The lowest BCUT2D eigenvalue weighted by Gasteiger charge is -2.22. The highest BCUT2D eigenvalue weighted by atomic mass is 35.5. The zero-order valence-corrected chi connectivity index (χ0v) is 11.0. The van der Waals surface area contributed by atoms with Crippen LogP contribution in [0.2, 0.25) is 5.02 Å². The van der Waals surface area contributed by atoms with Gasteiger partial charge in [0.1, 0.15) is 0 Å². The Morgan fingerprint density at radius 3 is 2.76 bits per heavy atom. The second-order valence-corrected chi connectivity index (χ2v) is 4.38. The molecule has 5 heteroatoms. The maximum absolute atomic E-state index is 11.9. The van der Waals surface area contributed by atoms with Gasteiger partial charge in [-0.25, -0.2) is 0 Å². The molecule has 2 N–H and O–H groups in total. The zero-order chi connectivity index (χ0) is 11.4. The molecular weight excluding hydrogens is 259 g/mol.